The Morgan fingerprint density at radius 3 is 2.62 bits per heavy atom. The predicted molar refractivity (Wildman–Crippen MR) is 103 cm³/mol. The van der Waals surface area contributed by atoms with Gasteiger partial charge in [0.25, 0.3) is 0 Å². The number of carbonyl (C=O) groups is 1. The molecule has 0 bridgehead atoms. The summed E-state index contributed by atoms with van der Waals surface area (Å²) < 4.78 is 1.97. The van der Waals surface area contributed by atoms with Crippen molar-refractivity contribution in [2.75, 3.05) is 13.1 Å². The number of carboxylic acids is 1. The molecule has 2 heterocycles. The third kappa shape index (κ3) is 3.64. The third-order valence-electron chi connectivity index (χ3n) is 5.07. The van der Waals surface area contributed by atoms with Gasteiger partial charge in [0.2, 0.25) is 0 Å². The molecule has 6 heteroatoms. The molecule has 1 aromatic heterocycles. The summed E-state index contributed by atoms with van der Waals surface area (Å²) in [6, 6.07) is 7.71. The highest BCUT2D eigenvalue weighted by Crippen LogP contribution is 2.35. The van der Waals surface area contributed by atoms with Crippen molar-refractivity contribution in [1.82, 2.24) is 14.7 Å². The number of benzene rings is 1. The Morgan fingerprint density at radius 2 is 2.04 bits per heavy atom. The lowest BCUT2D eigenvalue weighted by Gasteiger charge is -2.20. The van der Waals surface area contributed by atoms with E-state index in [4.69, 9.17) is 16.7 Å². The number of carboxylic acid groups (broad SMARTS) is 1. The van der Waals surface area contributed by atoms with Gasteiger partial charge in [-0.05, 0) is 46.7 Å². The minimum Gasteiger partial charge on any atom is -0.481 e. The summed E-state index contributed by atoms with van der Waals surface area (Å²) >= 11 is 6.42. The fraction of sp³-hybridized carbons (Fsp3) is 0.500. The van der Waals surface area contributed by atoms with E-state index in [1.807, 2.05) is 35.9 Å². The van der Waals surface area contributed by atoms with Gasteiger partial charge in [0.05, 0.1) is 21.7 Å². The maximum absolute atomic E-state index is 11.5. The molecule has 1 fully saturated rings. The number of aromatic nitrogens is 2. The van der Waals surface area contributed by atoms with Crippen LogP contribution in [0.15, 0.2) is 30.5 Å². The summed E-state index contributed by atoms with van der Waals surface area (Å²) in [5.74, 6) is -0.725. The van der Waals surface area contributed by atoms with Crippen molar-refractivity contribution in [2.24, 2.45) is 5.41 Å². The average Bonchev–Trinajstić information content (AvgIpc) is 3.13. The van der Waals surface area contributed by atoms with E-state index in [-0.39, 0.29) is 5.54 Å². The highest BCUT2D eigenvalue weighted by molar-refractivity contribution is 6.33. The van der Waals surface area contributed by atoms with Crippen LogP contribution in [0, 0.1) is 5.41 Å². The van der Waals surface area contributed by atoms with Gasteiger partial charge >= 0.3 is 5.97 Å². The summed E-state index contributed by atoms with van der Waals surface area (Å²) in [6.07, 6.45) is 2.73. The van der Waals surface area contributed by atoms with E-state index >= 15 is 0 Å². The van der Waals surface area contributed by atoms with Crippen molar-refractivity contribution in [3.05, 3.63) is 41.0 Å². The Kier molecular flexibility index (Phi) is 4.88. The fourth-order valence-corrected chi connectivity index (χ4v) is 3.58. The molecule has 1 aliphatic rings. The normalized spacial score (nSPS) is 21.3. The van der Waals surface area contributed by atoms with E-state index in [2.05, 4.69) is 31.9 Å². The van der Waals surface area contributed by atoms with Crippen molar-refractivity contribution in [1.29, 1.82) is 0 Å². The van der Waals surface area contributed by atoms with Crippen LogP contribution in [0.5, 0.6) is 0 Å². The zero-order valence-electron chi connectivity index (χ0n) is 15.8. The summed E-state index contributed by atoms with van der Waals surface area (Å²) in [5.41, 5.74) is 2.03. The van der Waals surface area contributed by atoms with Crippen LogP contribution in [0.25, 0.3) is 11.3 Å². The van der Waals surface area contributed by atoms with Crippen LogP contribution in [-0.2, 0) is 16.9 Å². The molecule has 1 aliphatic heterocycles. The van der Waals surface area contributed by atoms with Crippen molar-refractivity contribution in [2.45, 2.75) is 46.2 Å². The minimum atomic E-state index is -0.725. The van der Waals surface area contributed by atoms with Gasteiger partial charge in [0.1, 0.15) is 0 Å². The molecule has 140 valence electrons. The zero-order chi connectivity index (χ0) is 19.1. The second-order valence-electron chi connectivity index (χ2n) is 8.42. The summed E-state index contributed by atoms with van der Waals surface area (Å²) in [6.45, 7) is 10.1. The Hall–Kier alpha value is -1.85. The SMILES string of the molecule is CC1(C(=O)O)CCN(Cc2cn(C(C)(C)C)nc2-c2ccccc2Cl)C1. The molecule has 1 atom stereocenters. The first kappa shape index (κ1) is 18.9. The number of halogens is 1. The smallest absolute Gasteiger partial charge is 0.310 e. The summed E-state index contributed by atoms with van der Waals surface area (Å²) in [5, 5.41) is 15.0. The Labute approximate surface area is 159 Å². The molecule has 1 aromatic carbocycles. The first-order valence-corrected chi connectivity index (χ1v) is 9.28. The van der Waals surface area contributed by atoms with Crippen LogP contribution in [0.2, 0.25) is 5.02 Å². The Morgan fingerprint density at radius 1 is 1.35 bits per heavy atom. The molecule has 0 radical (unpaired) electrons. The van der Waals surface area contributed by atoms with Crippen molar-refractivity contribution >= 4 is 17.6 Å². The molecule has 3 rings (SSSR count). The van der Waals surface area contributed by atoms with Crippen LogP contribution in [0.1, 0.15) is 39.7 Å². The molecular weight excluding hydrogens is 350 g/mol. The first-order chi connectivity index (χ1) is 12.1. The maximum Gasteiger partial charge on any atom is 0.310 e. The molecule has 1 saturated heterocycles. The summed E-state index contributed by atoms with van der Waals surface area (Å²) in [4.78, 5) is 13.7. The topological polar surface area (TPSA) is 58.4 Å². The van der Waals surface area contributed by atoms with Gasteiger partial charge in [-0.15, -0.1) is 0 Å². The van der Waals surface area contributed by atoms with Crippen LogP contribution < -0.4 is 0 Å². The number of hydrogen-bond acceptors (Lipinski definition) is 3. The zero-order valence-corrected chi connectivity index (χ0v) is 16.5. The molecule has 2 aromatic rings. The van der Waals surface area contributed by atoms with Gasteiger partial charge in [-0.2, -0.15) is 5.10 Å². The minimum absolute atomic E-state index is 0.144. The van der Waals surface area contributed by atoms with Crippen molar-refractivity contribution in [3.63, 3.8) is 0 Å². The number of rotatable bonds is 4. The van der Waals surface area contributed by atoms with Gasteiger partial charge in [-0.1, -0.05) is 29.8 Å². The van der Waals surface area contributed by atoms with E-state index in [0.717, 1.165) is 23.4 Å². The number of hydrogen-bond donors (Lipinski definition) is 1. The predicted octanol–water partition coefficient (Wildman–Crippen LogP) is 4.26. The molecular formula is C20H26ClN3O2. The van der Waals surface area contributed by atoms with Crippen LogP contribution in [0.4, 0.5) is 0 Å². The van der Waals surface area contributed by atoms with E-state index in [1.165, 1.54) is 0 Å². The summed E-state index contributed by atoms with van der Waals surface area (Å²) in [7, 11) is 0. The molecule has 0 amide bonds. The van der Waals surface area contributed by atoms with Crippen molar-refractivity contribution < 1.29 is 9.90 Å². The van der Waals surface area contributed by atoms with Crippen LogP contribution in [0.3, 0.4) is 0 Å². The lowest BCUT2D eigenvalue weighted by Crippen LogP contribution is -2.31. The van der Waals surface area contributed by atoms with E-state index < -0.39 is 11.4 Å². The molecule has 1 unspecified atom stereocenters. The standard InChI is InChI=1S/C20H26ClN3O2/c1-19(2,3)24-12-14(11-23-10-9-20(4,13-23)18(25)26)17(22-24)15-7-5-6-8-16(15)21/h5-8,12H,9-11,13H2,1-4H3,(H,25,26). The quantitative estimate of drug-likeness (QED) is 0.867. The largest absolute Gasteiger partial charge is 0.481 e. The highest BCUT2D eigenvalue weighted by Gasteiger charge is 2.40. The van der Waals surface area contributed by atoms with E-state index in [9.17, 15) is 9.90 Å². The lowest BCUT2D eigenvalue weighted by molar-refractivity contribution is -0.147. The van der Waals surface area contributed by atoms with Gasteiger partial charge in [0.15, 0.2) is 0 Å². The van der Waals surface area contributed by atoms with E-state index in [0.29, 0.717) is 24.5 Å². The Bertz CT molecular complexity index is 825. The van der Waals surface area contributed by atoms with Crippen LogP contribution in [-0.4, -0.2) is 38.8 Å². The second kappa shape index (κ2) is 6.71. The van der Waals surface area contributed by atoms with E-state index in [1.54, 1.807) is 0 Å². The highest BCUT2D eigenvalue weighted by atomic mass is 35.5. The first-order valence-electron chi connectivity index (χ1n) is 8.90. The van der Waals surface area contributed by atoms with Gasteiger partial charge < -0.3 is 5.11 Å². The molecule has 26 heavy (non-hydrogen) atoms. The Balaban J connectivity index is 1.95. The monoisotopic (exact) mass is 375 g/mol. The fourth-order valence-electron chi connectivity index (χ4n) is 3.36. The maximum atomic E-state index is 11.5. The lowest BCUT2D eigenvalue weighted by atomic mass is 9.90. The average molecular weight is 376 g/mol. The molecule has 0 aliphatic carbocycles. The molecule has 1 N–H and O–H groups in total. The molecule has 5 nitrogen and oxygen atoms in total. The third-order valence-corrected chi connectivity index (χ3v) is 5.40. The van der Waals surface area contributed by atoms with Crippen LogP contribution >= 0.6 is 11.6 Å². The van der Waals surface area contributed by atoms with Gasteiger partial charge in [-0.25, -0.2) is 0 Å². The van der Waals surface area contributed by atoms with Gasteiger partial charge in [-0.3, -0.25) is 14.4 Å². The second-order valence-corrected chi connectivity index (χ2v) is 8.83. The molecule has 0 spiro atoms. The molecule has 0 saturated carbocycles. The number of nitrogens with zero attached hydrogens (tertiary/aromatic N) is 3. The van der Waals surface area contributed by atoms with Crippen molar-refractivity contribution in [3.8, 4) is 11.3 Å². The number of aliphatic carboxylic acids is 1. The van der Waals surface area contributed by atoms with Gasteiger partial charge in [0, 0.05) is 30.4 Å². The number of likely N-dealkylation sites (tertiary alicyclic amines) is 1.